The zero-order valence-corrected chi connectivity index (χ0v) is 16.9. The fourth-order valence-electron chi connectivity index (χ4n) is 2.38. The number of anilines is 1. The van der Waals surface area contributed by atoms with Crippen LogP contribution in [0, 0.1) is 13.8 Å². The first kappa shape index (κ1) is 21.6. The molecule has 0 aliphatic heterocycles. The highest BCUT2D eigenvalue weighted by Crippen LogP contribution is 2.16. The third kappa shape index (κ3) is 7.11. The van der Waals surface area contributed by atoms with Gasteiger partial charge in [-0.2, -0.15) is 0 Å². The highest BCUT2D eigenvalue weighted by molar-refractivity contribution is 8.00. The van der Waals surface area contributed by atoms with Crippen molar-refractivity contribution in [1.82, 2.24) is 5.32 Å². The molecule has 0 aliphatic carbocycles. The first-order valence-electron chi connectivity index (χ1n) is 8.79. The molecule has 1 aromatic heterocycles. The largest absolute Gasteiger partial charge is 0.467 e. The van der Waals surface area contributed by atoms with Crippen LogP contribution >= 0.6 is 11.8 Å². The van der Waals surface area contributed by atoms with E-state index < -0.39 is 18.0 Å². The van der Waals surface area contributed by atoms with Gasteiger partial charge >= 0.3 is 5.97 Å². The Morgan fingerprint density at radius 2 is 1.96 bits per heavy atom. The summed E-state index contributed by atoms with van der Waals surface area (Å²) in [5.74, 6) is -0.462. The molecule has 1 heterocycles. The van der Waals surface area contributed by atoms with E-state index in [1.54, 1.807) is 12.1 Å². The molecular formula is C20H24N2O5S. The summed E-state index contributed by atoms with van der Waals surface area (Å²) in [5, 5.41) is 5.44. The number of thioether (sulfide) groups is 1. The molecule has 0 saturated carbocycles. The van der Waals surface area contributed by atoms with Gasteiger partial charge in [0.25, 0.3) is 5.91 Å². The van der Waals surface area contributed by atoms with E-state index in [4.69, 9.17) is 9.15 Å². The van der Waals surface area contributed by atoms with Crippen LogP contribution in [0.25, 0.3) is 0 Å². The van der Waals surface area contributed by atoms with E-state index in [1.807, 2.05) is 32.0 Å². The van der Waals surface area contributed by atoms with Gasteiger partial charge in [-0.1, -0.05) is 17.7 Å². The van der Waals surface area contributed by atoms with Crippen molar-refractivity contribution >= 4 is 35.2 Å². The van der Waals surface area contributed by atoms with Crippen molar-refractivity contribution in [3.63, 3.8) is 0 Å². The van der Waals surface area contributed by atoms with E-state index in [0.717, 1.165) is 28.6 Å². The lowest BCUT2D eigenvalue weighted by Crippen LogP contribution is -2.35. The standard InChI is InChI=1S/C20H24N2O5S/c1-13-6-7-17(14(2)9-13)22-18(23)11-28-12-19(24)27-15(3)20(25)21-10-16-5-4-8-26-16/h4-9,15H,10-12H2,1-3H3,(H,21,25)(H,22,23)/t15-/m1/s1. The highest BCUT2D eigenvalue weighted by Gasteiger charge is 2.18. The van der Waals surface area contributed by atoms with Gasteiger partial charge in [0.05, 0.1) is 24.3 Å². The number of hydrogen-bond acceptors (Lipinski definition) is 6. The number of ether oxygens (including phenoxy) is 1. The molecule has 7 nitrogen and oxygen atoms in total. The maximum absolute atomic E-state index is 12.0. The molecule has 2 amide bonds. The number of nitrogens with one attached hydrogen (secondary N) is 2. The van der Waals surface area contributed by atoms with Crippen molar-refractivity contribution in [2.75, 3.05) is 16.8 Å². The number of rotatable bonds is 9. The van der Waals surface area contributed by atoms with Gasteiger partial charge in [-0.25, -0.2) is 0 Å². The molecule has 150 valence electrons. The molecule has 0 unspecified atom stereocenters. The lowest BCUT2D eigenvalue weighted by Gasteiger charge is -2.13. The number of carbonyl (C=O) groups excluding carboxylic acids is 3. The number of carbonyl (C=O) groups is 3. The molecule has 0 bridgehead atoms. The smallest absolute Gasteiger partial charge is 0.316 e. The molecule has 0 fully saturated rings. The molecule has 0 radical (unpaired) electrons. The number of esters is 1. The van der Waals surface area contributed by atoms with E-state index in [2.05, 4.69) is 10.6 Å². The van der Waals surface area contributed by atoms with Crippen LogP contribution in [-0.4, -0.2) is 35.4 Å². The molecule has 2 N–H and O–H groups in total. The normalized spacial score (nSPS) is 11.5. The molecule has 2 rings (SSSR count). The Morgan fingerprint density at radius 1 is 1.18 bits per heavy atom. The van der Waals surface area contributed by atoms with Crippen molar-refractivity contribution in [3.05, 3.63) is 53.5 Å². The average Bonchev–Trinajstić information content (AvgIpc) is 3.15. The van der Waals surface area contributed by atoms with Crippen molar-refractivity contribution in [3.8, 4) is 0 Å². The zero-order valence-electron chi connectivity index (χ0n) is 16.1. The first-order chi connectivity index (χ1) is 13.3. The van der Waals surface area contributed by atoms with E-state index in [9.17, 15) is 14.4 Å². The Hall–Kier alpha value is -2.74. The molecule has 0 aliphatic rings. The third-order valence-corrected chi connectivity index (χ3v) is 4.71. The maximum atomic E-state index is 12.0. The summed E-state index contributed by atoms with van der Waals surface area (Å²) < 4.78 is 10.2. The first-order valence-corrected chi connectivity index (χ1v) is 9.95. The number of amides is 2. The summed E-state index contributed by atoms with van der Waals surface area (Å²) >= 11 is 1.13. The molecule has 28 heavy (non-hydrogen) atoms. The minimum atomic E-state index is -0.924. The quantitative estimate of drug-likeness (QED) is 0.624. The number of hydrogen-bond donors (Lipinski definition) is 2. The van der Waals surface area contributed by atoms with E-state index in [0.29, 0.717) is 5.76 Å². The fraction of sp³-hybridized carbons (Fsp3) is 0.350. The van der Waals surface area contributed by atoms with Crippen LogP contribution in [0.5, 0.6) is 0 Å². The Morgan fingerprint density at radius 3 is 2.64 bits per heavy atom. The fourth-order valence-corrected chi connectivity index (χ4v) is 2.98. The monoisotopic (exact) mass is 404 g/mol. The van der Waals surface area contributed by atoms with Gasteiger partial charge in [0.2, 0.25) is 5.91 Å². The van der Waals surface area contributed by atoms with Gasteiger partial charge in [-0.3, -0.25) is 14.4 Å². The summed E-state index contributed by atoms with van der Waals surface area (Å²) in [6, 6.07) is 9.21. The predicted octanol–water partition coefficient (Wildman–Crippen LogP) is 2.82. The Kier molecular flexibility index (Phi) is 8.13. The van der Waals surface area contributed by atoms with Crippen LogP contribution in [0.15, 0.2) is 41.0 Å². The van der Waals surface area contributed by atoms with E-state index in [-0.39, 0.29) is 24.0 Å². The van der Waals surface area contributed by atoms with Crippen molar-refractivity contribution in [2.45, 2.75) is 33.4 Å². The van der Waals surface area contributed by atoms with Gasteiger partial charge in [-0.15, -0.1) is 11.8 Å². The van der Waals surface area contributed by atoms with Gasteiger partial charge in [0, 0.05) is 5.69 Å². The average molecular weight is 404 g/mol. The lowest BCUT2D eigenvalue weighted by atomic mass is 10.1. The second kappa shape index (κ2) is 10.6. The zero-order chi connectivity index (χ0) is 20.5. The number of benzene rings is 1. The molecule has 1 aromatic carbocycles. The third-order valence-electron chi connectivity index (χ3n) is 3.80. The maximum Gasteiger partial charge on any atom is 0.316 e. The summed E-state index contributed by atoms with van der Waals surface area (Å²) in [4.78, 5) is 35.8. The van der Waals surface area contributed by atoms with Crippen molar-refractivity contribution in [2.24, 2.45) is 0 Å². The summed E-state index contributed by atoms with van der Waals surface area (Å²) in [6.07, 6.45) is 0.588. The van der Waals surface area contributed by atoms with E-state index in [1.165, 1.54) is 13.2 Å². The lowest BCUT2D eigenvalue weighted by molar-refractivity contribution is -0.152. The predicted molar refractivity (Wildman–Crippen MR) is 108 cm³/mol. The van der Waals surface area contributed by atoms with Crippen LogP contribution < -0.4 is 10.6 Å². The van der Waals surface area contributed by atoms with Gasteiger partial charge in [0.15, 0.2) is 6.10 Å². The van der Waals surface area contributed by atoms with Gasteiger partial charge in [0.1, 0.15) is 5.76 Å². The molecule has 1 atom stereocenters. The van der Waals surface area contributed by atoms with E-state index >= 15 is 0 Å². The molecule has 0 spiro atoms. The molecule has 2 aromatic rings. The Bertz CT molecular complexity index is 820. The Balaban J connectivity index is 1.65. The molecule has 0 saturated heterocycles. The van der Waals surface area contributed by atoms with Crippen LogP contribution in [0.3, 0.4) is 0 Å². The second-order valence-electron chi connectivity index (χ2n) is 6.29. The van der Waals surface area contributed by atoms with Crippen LogP contribution in [0.1, 0.15) is 23.8 Å². The molecular weight excluding hydrogens is 380 g/mol. The van der Waals surface area contributed by atoms with Crippen LogP contribution in [0.4, 0.5) is 5.69 Å². The minimum Gasteiger partial charge on any atom is -0.467 e. The number of aryl methyl sites for hydroxylation is 2. The topological polar surface area (TPSA) is 97.6 Å². The summed E-state index contributed by atoms with van der Waals surface area (Å²) in [6.45, 7) is 5.62. The second-order valence-corrected chi connectivity index (χ2v) is 7.27. The van der Waals surface area contributed by atoms with Crippen LogP contribution in [0.2, 0.25) is 0 Å². The highest BCUT2D eigenvalue weighted by atomic mass is 32.2. The van der Waals surface area contributed by atoms with Gasteiger partial charge in [-0.05, 0) is 44.5 Å². The minimum absolute atomic E-state index is 0.0178. The van der Waals surface area contributed by atoms with Gasteiger partial charge < -0.3 is 19.8 Å². The number of furan rings is 1. The van der Waals surface area contributed by atoms with Crippen molar-refractivity contribution in [1.29, 1.82) is 0 Å². The van der Waals surface area contributed by atoms with Crippen molar-refractivity contribution < 1.29 is 23.5 Å². The van der Waals surface area contributed by atoms with Crippen LogP contribution in [-0.2, 0) is 25.7 Å². The Labute approximate surface area is 168 Å². The summed E-state index contributed by atoms with van der Waals surface area (Å²) in [7, 11) is 0. The molecule has 8 heteroatoms. The summed E-state index contributed by atoms with van der Waals surface area (Å²) in [5.41, 5.74) is 2.85. The SMILES string of the molecule is Cc1ccc(NC(=O)CSCC(=O)O[C@H](C)C(=O)NCc2ccco2)c(C)c1.